The van der Waals surface area contributed by atoms with Crippen LogP contribution in [-0.2, 0) is 4.79 Å². The summed E-state index contributed by atoms with van der Waals surface area (Å²) in [6.07, 6.45) is 0. The molecule has 1 N–H and O–H groups in total. The average Bonchev–Trinajstić information content (AvgIpc) is 2.24. The quantitative estimate of drug-likeness (QED) is 0.932. The van der Waals surface area contributed by atoms with Gasteiger partial charge in [0.1, 0.15) is 12.6 Å². The summed E-state index contributed by atoms with van der Waals surface area (Å²) in [4.78, 5) is 12.7. The van der Waals surface area contributed by atoms with Crippen molar-refractivity contribution in [1.29, 1.82) is 5.26 Å². The zero-order chi connectivity index (χ0) is 13.9. The number of carboxylic acid groups (broad SMARTS) is 1. The van der Waals surface area contributed by atoms with Crippen molar-refractivity contribution >= 4 is 27.6 Å². The van der Waals surface area contributed by atoms with Crippen molar-refractivity contribution < 1.29 is 9.90 Å². The molecule has 96 valence electrons. The highest BCUT2D eigenvalue weighted by molar-refractivity contribution is 9.10. The molecule has 1 aromatic rings. The topological polar surface area (TPSA) is 64.3 Å². The van der Waals surface area contributed by atoms with E-state index in [4.69, 9.17) is 10.4 Å². The van der Waals surface area contributed by atoms with E-state index in [0.717, 1.165) is 5.69 Å². The van der Waals surface area contributed by atoms with Crippen LogP contribution in [0.3, 0.4) is 0 Å². The van der Waals surface area contributed by atoms with Crippen molar-refractivity contribution in [2.45, 2.75) is 26.3 Å². The van der Waals surface area contributed by atoms with E-state index in [1.54, 1.807) is 23.1 Å². The molecule has 0 unspecified atom stereocenters. The first-order valence-corrected chi connectivity index (χ1v) is 6.24. The van der Waals surface area contributed by atoms with Crippen molar-refractivity contribution in [3.8, 4) is 6.07 Å². The summed E-state index contributed by atoms with van der Waals surface area (Å²) in [5.41, 5.74) is 0.991. The fourth-order valence-corrected chi connectivity index (χ4v) is 2.07. The Morgan fingerprint density at radius 1 is 1.50 bits per heavy atom. The summed E-state index contributed by atoms with van der Waals surface area (Å²) >= 11 is 3.31. The highest BCUT2D eigenvalue weighted by Crippen LogP contribution is 2.28. The van der Waals surface area contributed by atoms with Crippen LogP contribution in [0.25, 0.3) is 0 Å². The summed E-state index contributed by atoms with van der Waals surface area (Å²) in [7, 11) is 0. The number of nitrogens with zero attached hydrogens (tertiary/aromatic N) is 2. The molecule has 0 aromatic heterocycles. The zero-order valence-electron chi connectivity index (χ0n) is 10.6. The second kappa shape index (κ2) is 5.40. The SMILES string of the molecule is CC(C)(C)N(CC(=O)O)c1ccc(C#N)c(Br)c1. The second-order valence-electron chi connectivity index (χ2n) is 4.93. The van der Waals surface area contributed by atoms with Crippen LogP contribution in [0.1, 0.15) is 26.3 Å². The molecule has 0 spiro atoms. The number of nitriles is 1. The fraction of sp³-hybridized carbons (Fsp3) is 0.385. The molecule has 0 fully saturated rings. The van der Waals surface area contributed by atoms with Crippen LogP contribution in [0, 0.1) is 11.3 Å². The maximum atomic E-state index is 10.9. The Morgan fingerprint density at radius 3 is 2.50 bits per heavy atom. The molecule has 4 nitrogen and oxygen atoms in total. The lowest BCUT2D eigenvalue weighted by molar-refractivity contribution is -0.135. The molecule has 0 amide bonds. The van der Waals surface area contributed by atoms with Gasteiger partial charge in [-0.05, 0) is 54.9 Å². The molecule has 0 heterocycles. The van der Waals surface area contributed by atoms with Crippen molar-refractivity contribution in [3.05, 3.63) is 28.2 Å². The van der Waals surface area contributed by atoms with Crippen LogP contribution in [-0.4, -0.2) is 23.2 Å². The van der Waals surface area contributed by atoms with E-state index in [-0.39, 0.29) is 12.1 Å². The number of carboxylic acids is 1. The molecule has 0 saturated heterocycles. The summed E-state index contributed by atoms with van der Waals surface area (Å²) < 4.78 is 0.669. The van der Waals surface area contributed by atoms with Crippen LogP contribution in [0.5, 0.6) is 0 Å². The Morgan fingerprint density at radius 2 is 2.11 bits per heavy atom. The van der Waals surface area contributed by atoms with Gasteiger partial charge in [-0.1, -0.05) is 0 Å². The molecular weight excluding hydrogens is 296 g/mol. The van der Waals surface area contributed by atoms with Crippen molar-refractivity contribution in [2.24, 2.45) is 0 Å². The molecule has 0 saturated carbocycles. The third-order valence-corrected chi connectivity index (χ3v) is 3.14. The van der Waals surface area contributed by atoms with Gasteiger partial charge < -0.3 is 10.0 Å². The molecule has 0 aliphatic heterocycles. The molecule has 5 heteroatoms. The maximum absolute atomic E-state index is 10.9. The average molecular weight is 311 g/mol. The van der Waals surface area contributed by atoms with Crippen LogP contribution >= 0.6 is 15.9 Å². The molecule has 0 radical (unpaired) electrons. The zero-order valence-corrected chi connectivity index (χ0v) is 12.2. The van der Waals surface area contributed by atoms with E-state index < -0.39 is 5.97 Å². The first-order chi connectivity index (χ1) is 8.25. The van der Waals surface area contributed by atoms with Gasteiger partial charge in [-0.3, -0.25) is 4.79 Å². The van der Waals surface area contributed by atoms with Crippen LogP contribution in [0.4, 0.5) is 5.69 Å². The summed E-state index contributed by atoms with van der Waals surface area (Å²) in [6.45, 7) is 5.76. The molecule has 1 rings (SSSR count). The minimum absolute atomic E-state index is 0.0815. The second-order valence-corrected chi connectivity index (χ2v) is 5.78. The minimum Gasteiger partial charge on any atom is -0.480 e. The lowest BCUT2D eigenvalue weighted by atomic mass is 10.0. The van der Waals surface area contributed by atoms with Gasteiger partial charge in [0.15, 0.2) is 0 Å². The maximum Gasteiger partial charge on any atom is 0.323 e. The smallest absolute Gasteiger partial charge is 0.323 e. The predicted molar refractivity (Wildman–Crippen MR) is 73.6 cm³/mol. The fourth-order valence-electron chi connectivity index (χ4n) is 1.61. The van der Waals surface area contributed by atoms with E-state index in [2.05, 4.69) is 22.0 Å². The number of rotatable bonds is 3. The van der Waals surface area contributed by atoms with Gasteiger partial charge in [0, 0.05) is 15.7 Å². The largest absolute Gasteiger partial charge is 0.480 e. The number of halogens is 1. The Hall–Kier alpha value is -1.54. The van der Waals surface area contributed by atoms with Gasteiger partial charge >= 0.3 is 5.97 Å². The van der Waals surface area contributed by atoms with E-state index in [0.29, 0.717) is 10.0 Å². The van der Waals surface area contributed by atoms with Gasteiger partial charge in [-0.2, -0.15) is 5.26 Å². The van der Waals surface area contributed by atoms with Gasteiger partial charge in [-0.15, -0.1) is 0 Å². The number of hydrogen-bond donors (Lipinski definition) is 1. The first-order valence-electron chi connectivity index (χ1n) is 5.45. The third kappa shape index (κ3) is 3.47. The Labute approximate surface area is 115 Å². The highest BCUT2D eigenvalue weighted by atomic mass is 79.9. The van der Waals surface area contributed by atoms with Gasteiger partial charge in [0.25, 0.3) is 0 Å². The number of carbonyl (C=O) groups is 1. The molecule has 0 bridgehead atoms. The van der Waals surface area contributed by atoms with Crippen LogP contribution < -0.4 is 4.90 Å². The lowest BCUT2D eigenvalue weighted by Gasteiger charge is -2.36. The van der Waals surface area contributed by atoms with E-state index in [1.165, 1.54) is 0 Å². The molecular formula is C13H15BrN2O2. The molecule has 0 atom stereocenters. The van der Waals surface area contributed by atoms with Crippen LogP contribution in [0.15, 0.2) is 22.7 Å². The van der Waals surface area contributed by atoms with E-state index in [1.807, 2.05) is 20.8 Å². The summed E-state index contributed by atoms with van der Waals surface area (Å²) in [5.74, 6) is -0.884. The van der Waals surface area contributed by atoms with Crippen molar-refractivity contribution in [1.82, 2.24) is 0 Å². The van der Waals surface area contributed by atoms with Crippen molar-refractivity contribution in [2.75, 3.05) is 11.4 Å². The Balaban J connectivity index is 3.18. The third-order valence-electron chi connectivity index (χ3n) is 2.49. The number of anilines is 1. The number of aliphatic carboxylic acids is 1. The summed E-state index contributed by atoms with van der Waals surface area (Å²) in [6, 6.07) is 7.27. The standard InChI is InChI=1S/C13H15BrN2O2/c1-13(2,3)16(8-12(17)18)10-5-4-9(7-15)11(14)6-10/h4-6H,8H2,1-3H3,(H,17,18). The monoisotopic (exact) mass is 310 g/mol. The van der Waals surface area contributed by atoms with E-state index in [9.17, 15) is 4.79 Å². The number of hydrogen-bond acceptors (Lipinski definition) is 3. The van der Waals surface area contributed by atoms with Crippen molar-refractivity contribution in [3.63, 3.8) is 0 Å². The minimum atomic E-state index is -0.884. The molecule has 18 heavy (non-hydrogen) atoms. The predicted octanol–water partition coefficient (Wildman–Crippen LogP) is 3.01. The highest BCUT2D eigenvalue weighted by Gasteiger charge is 2.24. The normalized spacial score (nSPS) is 10.8. The number of benzene rings is 1. The van der Waals surface area contributed by atoms with Gasteiger partial charge in [-0.25, -0.2) is 0 Å². The molecule has 0 aliphatic rings. The molecule has 1 aromatic carbocycles. The lowest BCUT2D eigenvalue weighted by Crippen LogP contribution is -2.44. The Bertz CT molecular complexity index is 501. The van der Waals surface area contributed by atoms with Gasteiger partial charge in [0.05, 0.1) is 5.56 Å². The van der Waals surface area contributed by atoms with Crippen LogP contribution in [0.2, 0.25) is 0 Å². The van der Waals surface area contributed by atoms with Gasteiger partial charge in [0.2, 0.25) is 0 Å². The first kappa shape index (κ1) is 14.5. The Kier molecular flexibility index (Phi) is 4.36. The molecule has 0 aliphatic carbocycles. The summed E-state index contributed by atoms with van der Waals surface area (Å²) in [5, 5.41) is 17.8. The van der Waals surface area contributed by atoms with E-state index >= 15 is 0 Å².